The van der Waals surface area contributed by atoms with Gasteiger partial charge in [-0.15, -0.1) is 16.4 Å². The number of amides is 1. The van der Waals surface area contributed by atoms with E-state index in [9.17, 15) is 18.0 Å². The second-order valence-electron chi connectivity index (χ2n) is 10.1. The Morgan fingerprint density at radius 1 is 1.19 bits per heavy atom. The van der Waals surface area contributed by atoms with Gasteiger partial charge in [0.1, 0.15) is 10.8 Å². The standard InChI is InChI=1S/C25H29N3O6S2/c1-14-6-11-17-18(12-14)35-22(20(17)23(30)33-5)26-19(29)13-36(31,32)24-28-27-21(34-24)15-7-9-16(10-8-15)25(2,3)4/h7-10,14H,6,11-13H2,1-5H3,(H,26,29). The van der Waals surface area contributed by atoms with Gasteiger partial charge in [0.15, 0.2) is 0 Å². The molecule has 192 valence electrons. The lowest BCUT2D eigenvalue weighted by atomic mass is 9.87. The molecule has 36 heavy (non-hydrogen) atoms. The number of nitrogens with zero attached hydrogens (tertiary/aromatic N) is 2. The van der Waals surface area contributed by atoms with E-state index in [1.165, 1.54) is 18.4 Å². The quantitative estimate of drug-likeness (QED) is 0.463. The van der Waals surface area contributed by atoms with Crippen LogP contribution in [0.4, 0.5) is 5.00 Å². The highest BCUT2D eigenvalue weighted by Crippen LogP contribution is 2.40. The number of hydrogen-bond donors (Lipinski definition) is 1. The molecule has 3 aromatic rings. The largest absolute Gasteiger partial charge is 0.465 e. The van der Waals surface area contributed by atoms with Crippen LogP contribution in [0.25, 0.3) is 11.5 Å². The Kier molecular flexibility index (Phi) is 7.07. The summed E-state index contributed by atoms with van der Waals surface area (Å²) in [5.74, 6) is -1.76. The van der Waals surface area contributed by atoms with Crippen molar-refractivity contribution >= 4 is 38.1 Å². The molecule has 0 aliphatic heterocycles. The number of benzene rings is 1. The molecular weight excluding hydrogens is 502 g/mol. The van der Waals surface area contributed by atoms with Gasteiger partial charge in [-0.2, -0.15) is 0 Å². The number of thiophene rings is 1. The van der Waals surface area contributed by atoms with E-state index in [-0.39, 0.29) is 11.3 Å². The molecule has 0 saturated heterocycles. The van der Waals surface area contributed by atoms with Crippen molar-refractivity contribution in [3.8, 4) is 11.5 Å². The normalized spacial score (nSPS) is 15.9. The molecule has 1 aromatic carbocycles. The van der Waals surface area contributed by atoms with Crippen LogP contribution in [0, 0.1) is 5.92 Å². The van der Waals surface area contributed by atoms with E-state index in [1.54, 1.807) is 12.1 Å². The number of anilines is 1. The number of ether oxygens (including phenoxy) is 1. The molecule has 9 nitrogen and oxygen atoms in total. The average molecular weight is 532 g/mol. The minimum absolute atomic E-state index is 0.0386. The number of methoxy groups -OCH3 is 1. The zero-order valence-corrected chi connectivity index (χ0v) is 22.5. The van der Waals surface area contributed by atoms with Crippen molar-refractivity contribution in [3.05, 3.63) is 45.8 Å². The number of hydrogen-bond acceptors (Lipinski definition) is 9. The molecule has 1 amide bonds. The van der Waals surface area contributed by atoms with Gasteiger partial charge in [-0.25, -0.2) is 13.2 Å². The lowest BCUT2D eigenvalue weighted by Crippen LogP contribution is -2.24. The van der Waals surface area contributed by atoms with Crippen LogP contribution in [-0.2, 0) is 37.6 Å². The summed E-state index contributed by atoms with van der Waals surface area (Å²) in [4.78, 5) is 26.2. The molecule has 0 saturated carbocycles. The SMILES string of the molecule is COC(=O)c1c(NC(=O)CS(=O)(=O)c2nnc(-c3ccc(C(C)(C)C)cc3)o2)sc2c1CCC(C)C2. The van der Waals surface area contributed by atoms with Crippen LogP contribution in [0.2, 0.25) is 0 Å². The Hall–Kier alpha value is -3.05. The van der Waals surface area contributed by atoms with Crippen LogP contribution in [0.5, 0.6) is 0 Å². The van der Waals surface area contributed by atoms with E-state index in [0.717, 1.165) is 28.8 Å². The number of rotatable bonds is 6. The molecule has 0 spiro atoms. The maximum Gasteiger partial charge on any atom is 0.341 e. The number of carbonyl (C=O) groups excluding carboxylic acids is 2. The van der Waals surface area contributed by atoms with Gasteiger partial charge in [-0.05, 0) is 53.9 Å². The number of carbonyl (C=O) groups is 2. The van der Waals surface area contributed by atoms with Gasteiger partial charge in [0, 0.05) is 10.4 Å². The second-order valence-corrected chi connectivity index (χ2v) is 13.0. The molecule has 1 aliphatic carbocycles. The number of esters is 1. The molecule has 1 unspecified atom stereocenters. The second kappa shape index (κ2) is 9.78. The number of sulfone groups is 1. The summed E-state index contributed by atoms with van der Waals surface area (Å²) in [6.07, 6.45) is 2.42. The van der Waals surface area contributed by atoms with Gasteiger partial charge in [0.2, 0.25) is 21.6 Å². The van der Waals surface area contributed by atoms with Crippen molar-refractivity contribution in [2.75, 3.05) is 18.2 Å². The topological polar surface area (TPSA) is 128 Å². The summed E-state index contributed by atoms with van der Waals surface area (Å²) in [5.41, 5.74) is 2.80. The molecule has 1 N–H and O–H groups in total. The first kappa shape index (κ1) is 26.0. The Balaban J connectivity index is 1.51. The lowest BCUT2D eigenvalue weighted by Gasteiger charge is -2.18. The fraction of sp³-hybridized carbons (Fsp3) is 0.440. The van der Waals surface area contributed by atoms with Crippen LogP contribution in [-0.4, -0.2) is 43.4 Å². The van der Waals surface area contributed by atoms with E-state index in [1.807, 2.05) is 12.1 Å². The van der Waals surface area contributed by atoms with Gasteiger partial charge in [-0.1, -0.05) is 44.9 Å². The summed E-state index contributed by atoms with van der Waals surface area (Å²) in [6, 6.07) is 7.40. The van der Waals surface area contributed by atoms with Gasteiger partial charge >= 0.3 is 11.2 Å². The van der Waals surface area contributed by atoms with Crippen molar-refractivity contribution in [1.82, 2.24) is 10.2 Å². The van der Waals surface area contributed by atoms with Crippen molar-refractivity contribution in [2.24, 2.45) is 5.92 Å². The minimum Gasteiger partial charge on any atom is -0.465 e. The van der Waals surface area contributed by atoms with Crippen molar-refractivity contribution in [3.63, 3.8) is 0 Å². The highest BCUT2D eigenvalue weighted by Gasteiger charge is 2.31. The van der Waals surface area contributed by atoms with Gasteiger partial charge in [0.05, 0.1) is 12.7 Å². The maximum absolute atomic E-state index is 12.8. The number of nitrogens with one attached hydrogen (secondary N) is 1. The molecule has 2 heterocycles. The number of aromatic nitrogens is 2. The molecule has 0 radical (unpaired) electrons. The molecule has 2 aromatic heterocycles. The first-order chi connectivity index (χ1) is 16.9. The smallest absolute Gasteiger partial charge is 0.341 e. The zero-order valence-electron chi connectivity index (χ0n) is 20.9. The van der Waals surface area contributed by atoms with E-state index >= 15 is 0 Å². The first-order valence-electron chi connectivity index (χ1n) is 11.6. The summed E-state index contributed by atoms with van der Waals surface area (Å²) in [7, 11) is -2.94. The van der Waals surface area contributed by atoms with Gasteiger partial charge in [-0.3, -0.25) is 4.79 Å². The van der Waals surface area contributed by atoms with Crippen LogP contribution in [0.3, 0.4) is 0 Å². The van der Waals surface area contributed by atoms with Gasteiger partial charge < -0.3 is 14.5 Å². The summed E-state index contributed by atoms with van der Waals surface area (Å²) >= 11 is 1.28. The molecule has 1 aliphatic rings. The third-order valence-electron chi connectivity index (χ3n) is 6.15. The Bertz CT molecular complexity index is 1400. The van der Waals surface area contributed by atoms with Crippen molar-refractivity contribution in [2.45, 2.75) is 57.6 Å². The Labute approximate surface area is 214 Å². The van der Waals surface area contributed by atoms with E-state index in [0.29, 0.717) is 28.5 Å². The van der Waals surface area contributed by atoms with Gasteiger partial charge in [0.25, 0.3) is 0 Å². The third kappa shape index (κ3) is 5.36. The highest BCUT2D eigenvalue weighted by molar-refractivity contribution is 7.91. The third-order valence-corrected chi connectivity index (χ3v) is 8.65. The average Bonchev–Trinajstić information content (AvgIpc) is 3.43. The number of fused-ring (bicyclic) bond motifs is 1. The first-order valence-corrected chi connectivity index (χ1v) is 14.1. The molecular formula is C25H29N3O6S2. The Morgan fingerprint density at radius 3 is 2.53 bits per heavy atom. The molecule has 1 atom stereocenters. The summed E-state index contributed by atoms with van der Waals surface area (Å²) < 4.78 is 36.0. The fourth-order valence-corrected chi connectivity index (χ4v) is 6.45. The molecule has 4 rings (SSSR count). The van der Waals surface area contributed by atoms with Crippen molar-refractivity contribution < 1.29 is 27.2 Å². The maximum atomic E-state index is 12.8. The Morgan fingerprint density at radius 2 is 1.89 bits per heavy atom. The molecule has 0 fully saturated rings. The zero-order chi connectivity index (χ0) is 26.3. The lowest BCUT2D eigenvalue weighted by molar-refractivity contribution is -0.113. The van der Waals surface area contributed by atoms with Crippen LogP contribution < -0.4 is 5.32 Å². The monoisotopic (exact) mass is 531 g/mol. The molecule has 11 heteroatoms. The fourth-order valence-electron chi connectivity index (χ4n) is 4.12. The minimum atomic E-state index is -4.21. The predicted molar refractivity (Wildman–Crippen MR) is 136 cm³/mol. The van der Waals surface area contributed by atoms with Crippen LogP contribution >= 0.6 is 11.3 Å². The van der Waals surface area contributed by atoms with Crippen LogP contribution in [0.15, 0.2) is 33.9 Å². The summed E-state index contributed by atoms with van der Waals surface area (Å²) in [6.45, 7) is 8.39. The van der Waals surface area contributed by atoms with Crippen LogP contribution in [0.1, 0.15) is 60.5 Å². The van der Waals surface area contributed by atoms with Crippen molar-refractivity contribution in [1.29, 1.82) is 0 Å². The van der Waals surface area contributed by atoms with E-state index in [4.69, 9.17) is 9.15 Å². The predicted octanol–water partition coefficient (Wildman–Crippen LogP) is 4.42. The van der Waals surface area contributed by atoms with E-state index < -0.39 is 32.7 Å². The highest BCUT2D eigenvalue weighted by atomic mass is 32.2. The van der Waals surface area contributed by atoms with E-state index in [2.05, 4.69) is 43.2 Å². The molecule has 0 bridgehead atoms. The summed E-state index contributed by atoms with van der Waals surface area (Å²) in [5, 5.41) is 9.76.